The number of phenolic OH excluding ortho intramolecular Hbond substituents is 1. The van der Waals surface area contributed by atoms with Gasteiger partial charge in [-0.1, -0.05) is 12.1 Å². The highest BCUT2D eigenvalue weighted by atomic mass is 16.5. The van der Waals surface area contributed by atoms with Crippen molar-refractivity contribution < 1.29 is 14.3 Å². The highest BCUT2D eigenvalue weighted by Gasteiger charge is 2.25. The van der Waals surface area contributed by atoms with Crippen LogP contribution in [-0.4, -0.2) is 10.7 Å². The molecule has 3 aromatic rings. The van der Waals surface area contributed by atoms with Crippen LogP contribution in [0.4, 0.5) is 0 Å². The smallest absolute Gasteiger partial charge is 0.139 e. The lowest BCUT2D eigenvalue weighted by molar-refractivity contribution is 0.159. The van der Waals surface area contributed by atoms with Crippen molar-refractivity contribution in [3.05, 3.63) is 42.0 Å². The number of rotatable bonds is 0. The summed E-state index contributed by atoms with van der Waals surface area (Å²) in [4.78, 5) is 0. The predicted molar refractivity (Wildman–Crippen MR) is 79.1 cm³/mol. The van der Waals surface area contributed by atoms with Crippen molar-refractivity contribution in [1.82, 2.24) is 0 Å². The third kappa shape index (κ3) is 1.46. The summed E-state index contributed by atoms with van der Waals surface area (Å²) in [5.74, 6) is 1.05. The van der Waals surface area contributed by atoms with Gasteiger partial charge in [0, 0.05) is 10.9 Å². The van der Waals surface area contributed by atoms with E-state index in [1.54, 1.807) is 12.1 Å². The average Bonchev–Trinajstić information content (AvgIpc) is 2.77. The van der Waals surface area contributed by atoms with Crippen LogP contribution in [0.2, 0.25) is 0 Å². The molecule has 0 unspecified atom stereocenters. The number of hydrogen-bond donors (Lipinski definition) is 1. The molecule has 0 saturated heterocycles. The van der Waals surface area contributed by atoms with E-state index in [0.717, 1.165) is 27.7 Å². The summed E-state index contributed by atoms with van der Waals surface area (Å²) in [6.45, 7) is 4.03. The molecule has 0 bridgehead atoms. The van der Waals surface area contributed by atoms with E-state index in [1.807, 2.05) is 44.2 Å². The van der Waals surface area contributed by atoms with Gasteiger partial charge >= 0.3 is 0 Å². The Morgan fingerprint density at radius 3 is 2.65 bits per heavy atom. The molecule has 3 heteroatoms. The molecule has 3 nitrogen and oxygen atoms in total. The lowest BCUT2D eigenvalue weighted by Crippen LogP contribution is -2.27. The molecule has 0 radical (unpaired) electrons. The summed E-state index contributed by atoms with van der Waals surface area (Å²) in [5.41, 5.74) is 2.09. The van der Waals surface area contributed by atoms with Gasteiger partial charge in [0.25, 0.3) is 0 Å². The normalized spacial score (nSPS) is 16.3. The van der Waals surface area contributed by atoms with Gasteiger partial charge in [-0.3, -0.25) is 0 Å². The second-order valence-electron chi connectivity index (χ2n) is 5.64. The Kier molecular flexibility index (Phi) is 2.04. The van der Waals surface area contributed by atoms with E-state index in [2.05, 4.69) is 0 Å². The number of furan rings is 1. The fourth-order valence-corrected chi connectivity index (χ4v) is 2.75. The van der Waals surface area contributed by atoms with Gasteiger partial charge in [0.15, 0.2) is 0 Å². The summed E-state index contributed by atoms with van der Waals surface area (Å²) in [6.07, 6.45) is 4.07. The van der Waals surface area contributed by atoms with E-state index >= 15 is 0 Å². The minimum Gasteiger partial charge on any atom is -0.507 e. The second kappa shape index (κ2) is 3.57. The van der Waals surface area contributed by atoms with Gasteiger partial charge < -0.3 is 14.3 Å². The lowest BCUT2D eigenvalue weighted by atomic mass is 9.98. The van der Waals surface area contributed by atoms with Crippen LogP contribution in [0.3, 0.4) is 0 Å². The fourth-order valence-electron chi connectivity index (χ4n) is 2.75. The van der Waals surface area contributed by atoms with Crippen molar-refractivity contribution >= 4 is 28.0 Å². The van der Waals surface area contributed by atoms with Crippen LogP contribution < -0.4 is 4.74 Å². The monoisotopic (exact) mass is 266 g/mol. The third-order valence-electron chi connectivity index (χ3n) is 3.67. The van der Waals surface area contributed by atoms with Crippen molar-refractivity contribution in [2.24, 2.45) is 0 Å². The minimum atomic E-state index is -0.317. The first-order valence-corrected chi connectivity index (χ1v) is 6.61. The van der Waals surface area contributed by atoms with Gasteiger partial charge in [-0.05, 0) is 44.2 Å². The minimum absolute atomic E-state index is 0.230. The van der Waals surface area contributed by atoms with E-state index < -0.39 is 0 Å². The molecule has 4 rings (SSSR count). The number of aromatic hydroxyl groups is 1. The Morgan fingerprint density at radius 2 is 1.80 bits per heavy atom. The summed E-state index contributed by atoms with van der Waals surface area (Å²) < 4.78 is 11.8. The topological polar surface area (TPSA) is 42.6 Å². The van der Waals surface area contributed by atoms with Crippen LogP contribution in [-0.2, 0) is 0 Å². The molecule has 1 aliphatic heterocycles. The van der Waals surface area contributed by atoms with Crippen LogP contribution in [0, 0.1) is 0 Å². The van der Waals surface area contributed by atoms with Crippen molar-refractivity contribution in [1.29, 1.82) is 0 Å². The molecular weight excluding hydrogens is 252 g/mol. The SMILES string of the molecule is CC1(C)C=Cc2c(ccc3oc4cccc(O)c4c23)O1. The standard InChI is InChI=1S/C17H14O3/c1-17(2)9-8-10-12(20-17)6-7-14-15(10)16-11(18)4-3-5-13(16)19-14/h3-9,18H,1-2H3. The van der Waals surface area contributed by atoms with Crippen LogP contribution in [0.5, 0.6) is 11.5 Å². The van der Waals surface area contributed by atoms with Gasteiger partial charge in [-0.2, -0.15) is 0 Å². The zero-order chi connectivity index (χ0) is 13.9. The van der Waals surface area contributed by atoms with E-state index in [1.165, 1.54) is 0 Å². The Bertz CT molecular complexity index is 869. The Balaban J connectivity index is 2.16. The maximum Gasteiger partial charge on any atom is 0.139 e. The number of fused-ring (bicyclic) bond motifs is 5. The van der Waals surface area contributed by atoms with Crippen LogP contribution in [0.1, 0.15) is 19.4 Å². The van der Waals surface area contributed by atoms with Crippen LogP contribution >= 0.6 is 0 Å². The van der Waals surface area contributed by atoms with Gasteiger partial charge in [-0.15, -0.1) is 0 Å². The summed E-state index contributed by atoms with van der Waals surface area (Å²) in [7, 11) is 0. The number of ether oxygens (including phenoxy) is 1. The van der Waals surface area contributed by atoms with Gasteiger partial charge in [0.05, 0.1) is 5.39 Å². The molecule has 0 amide bonds. The maximum absolute atomic E-state index is 10.1. The van der Waals surface area contributed by atoms with Crippen LogP contribution in [0.25, 0.3) is 28.0 Å². The van der Waals surface area contributed by atoms with Gasteiger partial charge in [-0.25, -0.2) is 0 Å². The largest absolute Gasteiger partial charge is 0.507 e. The van der Waals surface area contributed by atoms with Crippen molar-refractivity contribution in [2.45, 2.75) is 19.4 Å². The zero-order valence-electron chi connectivity index (χ0n) is 11.3. The third-order valence-corrected chi connectivity index (χ3v) is 3.67. The quantitative estimate of drug-likeness (QED) is 0.652. The lowest BCUT2D eigenvalue weighted by Gasteiger charge is -2.28. The highest BCUT2D eigenvalue weighted by Crippen LogP contribution is 2.42. The number of hydrogen-bond acceptors (Lipinski definition) is 3. The maximum atomic E-state index is 10.1. The molecule has 1 N–H and O–H groups in total. The molecule has 0 saturated carbocycles. The first-order valence-electron chi connectivity index (χ1n) is 6.61. The molecule has 1 aliphatic rings. The number of benzene rings is 2. The molecule has 1 aromatic heterocycles. The second-order valence-corrected chi connectivity index (χ2v) is 5.64. The van der Waals surface area contributed by atoms with Crippen molar-refractivity contribution in [3.63, 3.8) is 0 Å². The first-order chi connectivity index (χ1) is 9.55. The first kappa shape index (κ1) is 11.4. The van der Waals surface area contributed by atoms with E-state index in [4.69, 9.17) is 9.15 Å². The fraction of sp³-hybridized carbons (Fsp3) is 0.176. The number of phenols is 1. The molecule has 100 valence electrons. The Labute approximate surface area is 116 Å². The molecule has 2 aromatic carbocycles. The van der Waals surface area contributed by atoms with E-state index in [9.17, 15) is 5.11 Å². The summed E-state index contributed by atoms with van der Waals surface area (Å²) in [6, 6.07) is 9.12. The molecule has 0 fully saturated rings. The summed E-state index contributed by atoms with van der Waals surface area (Å²) >= 11 is 0. The van der Waals surface area contributed by atoms with Crippen molar-refractivity contribution in [2.75, 3.05) is 0 Å². The molecule has 20 heavy (non-hydrogen) atoms. The van der Waals surface area contributed by atoms with Gasteiger partial charge in [0.1, 0.15) is 28.3 Å². The van der Waals surface area contributed by atoms with Gasteiger partial charge in [0.2, 0.25) is 0 Å². The Morgan fingerprint density at radius 1 is 1.00 bits per heavy atom. The van der Waals surface area contributed by atoms with E-state index in [0.29, 0.717) is 5.58 Å². The molecule has 0 spiro atoms. The van der Waals surface area contributed by atoms with Crippen molar-refractivity contribution in [3.8, 4) is 11.5 Å². The molecule has 0 atom stereocenters. The highest BCUT2D eigenvalue weighted by molar-refractivity contribution is 6.12. The Hall–Kier alpha value is -2.42. The van der Waals surface area contributed by atoms with Crippen LogP contribution in [0.15, 0.2) is 40.8 Å². The molecule has 2 heterocycles. The molecule has 0 aliphatic carbocycles. The summed E-state index contributed by atoms with van der Waals surface area (Å²) in [5, 5.41) is 11.8. The zero-order valence-corrected chi connectivity index (χ0v) is 11.3. The average molecular weight is 266 g/mol. The van der Waals surface area contributed by atoms with E-state index in [-0.39, 0.29) is 11.4 Å². The predicted octanol–water partition coefficient (Wildman–Crippen LogP) is 4.48. The molecular formula is C17H14O3.